The second kappa shape index (κ2) is 7.37. The number of esters is 1. The van der Waals surface area contributed by atoms with E-state index in [2.05, 4.69) is 41.5 Å². The van der Waals surface area contributed by atoms with Crippen LogP contribution in [-0.4, -0.2) is 56.9 Å². The molecule has 0 bridgehead atoms. The van der Waals surface area contributed by atoms with Gasteiger partial charge in [-0.25, -0.2) is 0 Å². The van der Waals surface area contributed by atoms with E-state index < -0.39 is 34.6 Å². The molecule has 0 aromatic rings. The van der Waals surface area contributed by atoms with Gasteiger partial charge in [-0.1, -0.05) is 39.3 Å². The first-order chi connectivity index (χ1) is 16.7. The zero-order valence-corrected chi connectivity index (χ0v) is 23.0. The minimum atomic E-state index is -1.46. The van der Waals surface area contributed by atoms with E-state index in [0.29, 0.717) is 18.8 Å². The summed E-state index contributed by atoms with van der Waals surface area (Å²) in [4.78, 5) is 14.0. The number of rotatable bonds is 1. The lowest BCUT2D eigenvalue weighted by molar-refractivity contribution is -0.202. The van der Waals surface area contributed by atoms with Gasteiger partial charge in [-0.05, 0) is 99.7 Å². The molecule has 2 heterocycles. The number of aliphatic hydroxyl groups excluding tert-OH is 2. The van der Waals surface area contributed by atoms with Crippen LogP contribution in [0, 0.1) is 33.5 Å². The monoisotopic (exact) mass is 502 g/mol. The number of ether oxygens (including phenoxy) is 2. The molecule has 5 fully saturated rings. The molecule has 4 aliphatic carbocycles. The Morgan fingerprint density at radius 3 is 2.33 bits per heavy atom. The quantitative estimate of drug-likeness (QED) is 0.366. The van der Waals surface area contributed by atoms with Crippen molar-refractivity contribution in [2.75, 3.05) is 0 Å². The lowest BCUT2D eigenvalue weighted by Gasteiger charge is -2.64. The van der Waals surface area contributed by atoms with Crippen molar-refractivity contribution >= 4 is 5.97 Å². The molecule has 0 aromatic heterocycles. The van der Waals surface area contributed by atoms with Gasteiger partial charge in [0.15, 0.2) is 6.10 Å². The number of fused-ring (bicyclic) bond motifs is 4. The SMILES string of the molecule is CC1(C)CCCC(C2OC(=O)C34C(O)C=C5C(CCC6C5(C)CCC(O)C6(C)C)C3(C)CCC24O)O1. The Kier molecular flexibility index (Phi) is 5.18. The van der Waals surface area contributed by atoms with Gasteiger partial charge in [0.2, 0.25) is 0 Å². The lowest BCUT2D eigenvalue weighted by atomic mass is 9.40. The Morgan fingerprint density at radius 1 is 0.917 bits per heavy atom. The number of aliphatic hydroxyl groups is 3. The lowest BCUT2D eigenvalue weighted by Crippen LogP contribution is -2.67. The largest absolute Gasteiger partial charge is 0.456 e. The molecule has 2 aliphatic heterocycles. The van der Waals surface area contributed by atoms with Crippen LogP contribution in [0.3, 0.4) is 0 Å². The molecular formula is C30H46O6. The third kappa shape index (κ3) is 2.75. The fraction of sp³-hybridized carbons (Fsp3) is 0.900. The Labute approximate surface area is 215 Å². The molecule has 6 aliphatic rings. The fourth-order valence-electron chi connectivity index (χ4n) is 10.7. The van der Waals surface area contributed by atoms with E-state index >= 15 is 0 Å². The number of hydrogen-bond acceptors (Lipinski definition) is 6. The normalized spacial score (nSPS) is 55.0. The van der Waals surface area contributed by atoms with Crippen molar-refractivity contribution in [2.24, 2.45) is 33.5 Å². The first-order valence-electron chi connectivity index (χ1n) is 14.3. The standard InChI is InChI=1S/C30H46O6/c1-25(2)12-7-8-19(36-25)23-29(34)15-14-28(6)17-9-10-20-26(3,4)21(31)11-13-27(20,5)18(17)16-22(32)30(28,29)24(33)35-23/h16-17,19-23,31-32,34H,7-15H2,1-6H3. The molecule has 10 unspecified atom stereocenters. The van der Waals surface area contributed by atoms with Gasteiger partial charge in [0.1, 0.15) is 11.0 Å². The zero-order valence-electron chi connectivity index (χ0n) is 23.0. The van der Waals surface area contributed by atoms with Crippen molar-refractivity contribution in [1.29, 1.82) is 0 Å². The molecule has 3 N–H and O–H groups in total. The molecule has 36 heavy (non-hydrogen) atoms. The Hall–Kier alpha value is -0.950. The van der Waals surface area contributed by atoms with Gasteiger partial charge in [0.05, 0.1) is 23.9 Å². The summed E-state index contributed by atoms with van der Waals surface area (Å²) in [7, 11) is 0. The minimum Gasteiger partial charge on any atom is -0.456 e. The third-order valence-corrected chi connectivity index (χ3v) is 12.5. The zero-order chi connectivity index (χ0) is 26.1. The van der Waals surface area contributed by atoms with E-state index in [-0.39, 0.29) is 34.6 Å². The van der Waals surface area contributed by atoms with Crippen molar-refractivity contribution in [3.63, 3.8) is 0 Å². The second-order valence-corrected chi connectivity index (χ2v) is 14.8. The molecule has 6 heteroatoms. The molecule has 6 nitrogen and oxygen atoms in total. The highest BCUT2D eigenvalue weighted by molar-refractivity contribution is 5.85. The predicted molar refractivity (Wildman–Crippen MR) is 135 cm³/mol. The third-order valence-electron chi connectivity index (χ3n) is 12.5. The van der Waals surface area contributed by atoms with E-state index in [0.717, 1.165) is 44.9 Å². The molecule has 0 radical (unpaired) electrons. The number of allylic oxidation sites excluding steroid dienone is 1. The molecule has 6 rings (SSSR count). The topological polar surface area (TPSA) is 96.2 Å². The van der Waals surface area contributed by atoms with Crippen molar-refractivity contribution in [3.8, 4) is 0 Å². The number of carbonyl (C=O) groups is 1. The molecule has 1 spiro atoms. The number of cyclic esters (lactones) is 1. The smallest absolute Gasteiger partial charge is 0.319 e. The van der Waals surface area contributed by atoms with Gasteiger partial charge in [0, 0.05) is 0 Å². The average Bonchev–Trinajstić information content (AvgIpc) is 3.18. The van der Waals surface area contributed by atoms with Crippen LogP contribution < -0.4 is 0 Å². The van der Waals surface area contributed by atoms with Crippen molar-refractivity contribution in [3.05, 3.63) is 11.6 Å². The molecule has 10 atom stereocenters. The van der Waals surface area contributed by atoms with Crippen LogP contribution >= 0.6 is 0 Å². The van der Waals surface area contributed by atoms with E-state index in [4.69, 9.17) is 9.47 Å². The minimum absolute atomic E-state index is 0.0947. The highest BCUT2D eigenvalue weighted by atomic mass is 16.6. The van der Waals surface area contributed by atoms with Gasteiger partial charge >= 0.3 is 5.97 Å². The van der Waals surface area contributed by atoms with Crippen molar-refractivity contribution in [2.45, 2.75) is 135 Å². The van der Waals surface area contributed by atoms with Gasteiger partial charge in [-0.15, -0.1) is 0 Å². The summed E-state index contributed by atoms with van der Waals surface area (Å²) in [6.07, 6.45) is 6.62. The molecular weight excluding hydrogens is 456 g/mol. The van der Waals surface area contributed by atoms with Crippen molar-refractivity contribution in [1.82, 2.24) is 0 Å². The molecule has 202 valence electrons. The Balaban J connectivity index is 1.44. The summed E-state index contributed by atoms with van der Waals surface area (Å²) < 4.78 is 12.5. The molecule has 0 amide bonds. The summed E-state index contributed by atoms with van der Waals surface area (Å²) in [5.74, 6) is -0.0452. The highest BCUT2D eigenvalue weighted by Crippen LogP contribution is 2.75. The van der Waals surface area contributed by atoms with Crippen LogP contribution in [0.4, 0.5) is 0 Å². The summed E-state index contributed by atoms with van der Waals surface area (Å²) in [6.45, 7) is 12.9. The van der Waals surface area contributed by atoms with Crippen LogP contribution in [0.25, 0.3) is 0 Å². The van der Waals surface area contributed by atoms with Gasteiger partial charge in [-0.3, -0.25) is 4.79 Å². The Morgan fingerprint density at radius 2 is 1.64 bits per heavy atom. The number of hydrogen-bond donors (Lipinski definition) is 3. The van der Waals surface area contributed by atoms with E-state index in [9.17, 15) is 20.1 Å². The predicted octanol–water partition coefficient (Wildman–Crippen LogP) is 4.29. The maximum Gasteiger partial charge on any atom is 0.319 e. The maximum absolute atomic E-state index is 14.0. The molecule has 0 aromatic carbocycles. The van der Waals surface area contributed by atoms with Crippen LogP contribution in [0.2, 0.25) is 0 Å². The fourth-order valence-corrected chi connectivity index (χ4v) is 10.7. The van der Waals surface area contributed by atoms with Gasteiger partial charge in [-0.2, -0.15) is 0 Å². The summed E-state index contributed by atoms with van der Waals surface area (Å²) >= 11 is 0. The first kappa shape index (κ1) is 25.3. The average molecular weight is 503 g/mol. The van der Waals surface area contributed by atoms with E-state index in [1.54, 1.807) is 0 Å². The van der Waals surface area contributed by atoms with Crippen LogP contribution in [0.15, 0.2) is 11.6 Å². The summed E-state index contributed by atoms with van der Waals surface area (Å²) in [6, 6.07) is 0. The van der Waals surface area contributed by atoms with Crippen LogP contribution in [0.5, 0.6) is 0 Å². The van der Waals surface area contributed by atoms with Crippen molar-refractivity contribution < 1.29 is 29.6 Å². The summed E-state index contributed by atoms with van der Waals surface area (Å²) in [5, 5.41) is 35.3. The van der Waals surface area contributed by atoms with Crippen LogP contribution in [0.1, 0.15) is 99.3 Å². The summed E-state index contributed by atoms with van der Waals surface area (Å²) in [5.41, 5.74) is -2.87. The first-order valence-corrected chi connectivity index (χ1v) is 14.3. The van der Waals surface area contributed by atoms with Gasteiger partial charge < -0.3 is 24.8 Å². The Bertz CT molecular complexity index is 1000. The second-order valence-electron chi connectivity index (χ2n) is 14.8. The number of carbonyl (C=O) groups excluding carboxylic acids is 1. The van der Waals surface area contributed by atoms with E-state index in [1.165, 1.54) is 5.57 Å². The molecule has 3 saturated carbocycles. The molecule has 2 saturated heterocycles. The van der Waals surface area contributed by atoms with Gasteiger partial charge in [0.25, 0.3) is 0 Å². The van der Waals surface area contributed by atoms with E-state index in [1.807, 2.05) is 6.08 Å². The van der Waals surface area contributed by atoms with Crippen LogP contribution in [-0.2, 0) is 14.3 Å². The highest BCUT2D eigenvalue weighted by Gasteiger charge is 2.83. The maximum atomic E-state index is 14.0.